The number of H-pyrrole nitrogens is 1. The fraction of sp³-hybridized carbons (Fsp3) is 0.452. The van der Waals surface area contributed by atoms with E-state index >= 15 is 0 Å². The molecule has 3 aromatic rings. The number of sulfonamides is 1. The Kier molecular flexibility index (Phi) is 10.1. The zero-order chi connectivity index (χ0) is 32.4. The SMILES string of the molecule is CC(C)(C)N1C(=O)CC(c2ccc(C[C@H](NC(=O)O)c3ncc(C(OCC[Si](C)(C)C)c4ccccc4)[nH]3)cc2Br)S1(=O)=O. The van der Waals surface area contributed by atoms with Crippen LogP contribution in [0.25, 0.3) is 0 Å². The molecule has 2 aromatic carbocycles. The van der Waals surface area contributed by atoms with Gasteiger partial charge in [0.15, 0.2) is 0 Å². The summed E-state index contributed by atoms with van der Waals surface area (Å²) in [4.78, 5) is 32.3. The van der Waals surface area contributed by atoms with Gasteiger partial charge < -0.3 is 20.1 Å². The number of imidazole rings is 1. The van der Waals surface area contributed by atoms with E-state index in [0.717, 1.165) is 27.2 Å². The van der Waals surface area contributed by atoms with Gasteiger partial charge in [-0.25, -0.2) is 22.5 Å². The highest BCUT2D eigenvalue weighted by atomic mass is 79.9. The lowest BCUT2D eigenvalue weighted by Crippen LogP contribution is -2.45. The van der Waals surface area contributed by atoms with Crippen LogP contribution in [0, 0.1) is 0 Å². The Morgan fingerprint density at radius 1 is 1.20 bits per heavy atom. The van der Waals surface area contributed by atoms with Gasteiger partial charge in [-0.2, -0.15) is 0 Å². The standard InChI is InChI=1S/C31H41BrN4O6SSi/c1-31(2,3)36-27(37)18-26(43(36,40)41)22-13-12-20(16-23(22)32)17-24(35-30(38)39)29-33-19-25(34-29)28(21-10-8-7-9-11-21)42-14-15-44(4,5)6/h7-13,16,19,24,26,28,35H,14-15,17-18H2,1-6H3,(H,33,34)(H,38,39)/t24-,26?,28?/m0/s1. The Balaban J connectivity index is 1.59. The van der Waals surface area contributed by atoms with Crippen molar-refractivity contribution >= 4 is 46.0 Å². The predicted octanol–water partition coefficient (Wildman–Crippen LogP) is 6.57. The molecule has 238 valence electrons. The molecule has 1 aliphatic heterocycles. The largest absolute Gasteiger partial charge is 0.465 e. The van der Waals surface area contributed by atoms with Crippen LogP contribution in [0.15, 0.2) is 59.2 Å². The van der Waals surface area contributed by atoms with E-state index in [4.69, 9.17) is 4.74 Å². The lowest BCUT2D eigenvalue weighted by molar-refractivity contribution is -0.128. The predicted molar refractivity (Wildman–Crippen MR) is 176 cm³/mol. The molecule has 0 aliphatic carbocycles. The van der Waals surface area contributed by atoms with Crippen molar-refractivity contribution < 1.29 is 27.9 Å². The number of carboxylic acid groups (broad SMARTS) is 1. The van der Waals surface area contributed by atoms with E-state index in [1.165, 1.54) is 0 Å². The average molecular weight is 706 g/mol. The van der Waals surface area contributed by atoms with E-state index in [2.05, 4.69) is 50.9 Å². The van der Waals surface area contributed by atoms with Crippen molar-refractivity contribution in [2.24, 2.45) is 0 Å². The van der Waals surface area contributed by atoms with Gasteiger partial charge in [0.2, 0.25) is 15.9 Å². The molecule has 1 fully saturated rings. The minimum atomic E-state index is -3.91. The van der Waals surface area contributed by atoms with Crippen LogP contribution in [0.1, 0.15) is 72.8 Å². The normalized spacial score (nSPS) is 18.3. The third kappa shape index (κ3) is 7.98. The fourth-order valence-corrected chi connectivity index (χ4v) is 9.18. The van der Waals surface area contributed by atoms with Gasteiger partial charge in [-0.05, 0) is 49.6 Å². The molecular formula is C31H41BrN4O6SSi. The molecule has 4 rings (SSSR count). The van der Waals surface area contributed by atoms with Crippen molar-refractivity contribution in [3.63, 3.8) is 0 Å². The highest BCUT2D eigenvalue weighted by Gasteiger charge is 2.50. The van der Waals surface area contributed by atoms with E-state index in [1.807, 2.05) is 30.3 Å². The van der Waals surface area contributed by atoms with Crippen molar-refractivity contribution in [1.82, 2.24) is 19.6 Å². The molecule has 1 aromatic heterocycles. The summed E-state index contributed by atoms with van der Waals surface area (Å²) in [5, 5.41) is 11.2. The highest BCUT2D eigenvalue weighted by Crippen LogP contribution is 2.43. The van der Waals surface area contributed by atoms with Crippen LogP contribution in [0.4, 0.5) is 4.79 Å². The molecule has 10 nitrogen and oxygen atoms in total. The van der Waals surface area contributed by atoms with Crippen molar-refractivity contribution in [1.29, 1.82) is 0 Å². The number of aromatic nitrogens is 2. The number of carbonyl (C=O) groups excluding carboxylic acids is 1. The van der Waals surface area contributed by atoms with Crippen molar-refractivity contribution in [2.45, 2.75) is 82.2 Å². The second-order valence-electron chi connectivity index (χ2n) is 13.3. The van der Waals surface area contributed by atoms with Gasteiger partial charge in [0.25, 0.3) is 0 Å². The molecule has 0 bridgehead atoms. The summed E-state index contributed by atoms with van der Waals surface area (Å²) in [5.74, 6) is -0.00166. The number of amides is 2. The molecule has 3 N–H and O–H groups in total. The van der Waals surface area contributed by atoms with Gasteiger partial charge >= 0.3 is 6.09 Å². The number of rotatable bonds is 11. The monoisotopic (exact) mass is 704 g/mol. The van der Waals surface area contributed by atoms with E-state index < -0.39 is 53.0 Å². The Hall–Kier alpha value is -3.00. The zero-order valence-electron chi connectivity index (χ0n) is 25.9. The van der Waals surface area contributed by atoms with Crippen LogP contribution >= 0.6 is 15.9 Å². The third-order valence-corrected chi connectivity index (χ3v) is 12.2. The first-order valence-electron chi connectivity index (χ1n) is 14.5. The summed E-state index contributed by atoms with van der Waals surface area (Å²) < 4.78 is 34.5. The van der Waals surface area contributed by atoms with Gasteiger partial charge in [-0.15, -0.1) is 0 Å². The first kappa shape index (κ1) is 33.9. The van der Waals surface area contributed by atoms with Crippen LogP contribution in [0.5, 0.6) is 0 Å². The molecule has 0 saturated carbocycles. The molecule has 44 heavy (non-hydrogen) atoms. The molecular weight excluding hydrogens is 664 g/mol. The number of benzene rings is 2. The molecule has 0 spiro atoms. The second kappa shape index (κ2) is 13.2. The minimum absolute atomic E-state index is 0.140. The van der Waals surface area contributed by atoms with Gasteiger partial charge in [0.05, 0.1) is 29.9 Å². The van der Waals surface area contributed by atoms with Crippen molar-refractivity contribution in [3.8, 4) is 0 Å². The van der Waals surface area contributed by atoms with Crippen molar-refractivity contribution in [2.75, 3.05) is 6.61 Å². The van der Waals surface area contributed by atoms with Crippen LogP contribution in [-0.4, -0.2) is 60.0 Å². The van der Waals surface area contributed by atoms with Gasteiger partial charge in [-0.3, -0.25) is 4.79 Å². The molecule has 0 radical (unpaired) electrons. The molecule has 3 atom stereocenters. The van der Waals surface area contributed by atoms with Crippen LogP contribution in [-0.2, 0) is 26.0 Å². The second-order valence-corrected chi connectivity index (χ2v) is 21.8. The smallest absolute Gasteiger partial charge is 0.405 e. The molecule has 2 unspecified atom stereocenters. The summed E-state index contributed by atoms with van der Waals surface area (Å²) in [5.41, 5.74) is 2.05. The first-order valence-corrected chi connectivity index (χ1v) is 20.5. The lowest BCUT2D eigenvalue weighted by Gasteiger charge is -2.30. The fourth-order valence-electron chi connectivity index (χ4n) is 5.34. The number of halogens is 1. The Morgan fingerprint density at radius 2 is 1.89 bits per heavy atom. The number of hydrogen-bond acceptors (Lipinski definition) is 6. The molecule has 13 heteroatoms. The van der Waals surface area contributed by atoms with Crippen LogP contribution in [0.3, 0.4) is 0 Å². The molecule has 1 saturated heterocycles. The van der Waals surface area contributed by atoms with E-state index in [-0.39, 0.29) is 12.8 Å². The topological polar surface area (TPSA) is 142 Å². The van der Waals surface area contributed by atoms with E-state index in [9.17, 15) is 23.1 Å². The average Bonchev–Trinajstić information content (AvgIpc) is 3.47. The van der Waals surface area contributed by atoms with E-state index in [0.29, 0.717) is 22.5 Å². The summed E-state index contributed by atoms with van der Waals surface area (Å²) in [7, 11) is -5.23. The maximum atomic E-state index is 13.3. The van der Waals surface area contributed by atoms with Crippen molar-refractivity contribution in [3.05, 3.63) is 87.4 Å². The Labute approximate surface area is 268 Å². The summed E-state index contributed by atoms with van der Waals surface area (Å²) in [6.07, 6.45) is 0.192. The summed E-state index contributed by atoms with van der Waals surface area (Å²) in [6, 6.07) is 15.3. The highest BCUT2D eigenvalue weighted by molar-refractivity contribution is 9.10. The molecule has 2 amide bonds. The number of hydrogen-bond donors (Lipinski definition) is 3. The minimum Gasteiger partial charge on any atom is -0.465 e. The Bertz CT molecular complexity index is 1600. The van der Waals surface area contributed by atoms with Gasteiger partial charge in [0.1, 0.15) is 17.2 Å². The number of nitrogens with one attached hydrogen (secondary N) is 2. The Morgan fingerprint density at radius 3 is 2.45 bits per heavy atom. The maximum absolute atomic E-state index is 13.3. The number of nitrogens with zero attached hydrogens (tertiary/aromatic N) is 2. The summed E-state index contributed by atoms with van der Waals surface area (Å²) in [6.45, 7) is 12.6. The van der Waals surface area contributed by atoms with Crippen LogP contribution in [0.2, 0.25) is 25.7 Å². The number of aromatic amines is 1. The molecule has 1 aliphatic rings. The zero-order valence-corrected chi connectivity index (χ0v) is 29.3. The van der Waals surface area contributed by atoms with Crippen LogP contribution < -0.4 is 5.32 Å². The lowest BCUT2D eigenvalue weighted by atomic mass is 10.0. The van der Waals surface area contributed by atoms with E-state index in [1.54, 1.807) is 45.2 Å². The third-order valence-electron chi connectivity index (χ3n) is 7.43. The quantitative estimate of drug-likeness (QED) is 0.192. The first-order chi connectivity index (χ1) is 20.5. The van der Waals surface area contributed by atoms with Gasteiger partial charge in [0, 0.05) is 25.6 Å². The van der Waals surface area contributed by atoms with Gasteiger partial charge in [-0.1, -0.05) is 78.0 Å². The maximum Gasteiger partial charge on any atom is 0.405 e. The summed E-state index contributed by atoms with van der Waals surface area (Å²) >= 11 is 3.51. The number of ether oxygens (including phenoxy) is 1. The molecule has 2 heterocycles. The number of carbonyl (C=O) groups is 2.